The summed E-state index contributed by atoms with van der Waals surface area (Å²) in [6.07, 6.45) is 5.98. The molecule has 2 aliphatic rings. The van der Waals surface area contributed by atoms with Gasteiger partial charge in [-0.05, 0) is 68.8 Å². The summed E-state index contributed by atoms with van der Waals surface area (Å²) in [5.41, 5.74) is 2.06. The van der Waals surface area contributed by atoms with E-state index in [1.165, 1.54) is 37.9 Å². The fourth-order valence-corrected chi connectivity index (χ4v) is 3.47. The number of benzene rings is 1. The average molecular weight is 316 g/mol. The number of hydrogen-bond donors (Lipinski definition) is 1. The van der Waals surface area contributed by atoms with Crippen molar-refractivity contribution < 1.29 is 9.53 Å². The minimum atomic E-state index is 0.0420. The van der Waals surface area contributed by atoms with Crippen LogP contribution >= 0.6 is 0 Å². The first-order chi connectivity index (χ1) is 11.3. The number of likely N-dealkylation sites (tertiary alicyclic amines) is 1. The van der Waals surface area contributed by atoms with E-state index in [0.717, 1.165) is 44.7 Å². The number of nitrogens with zero attached hydrogens (tertiary/aromatic N) is 1. The molecular formula is C19H28N2O2. The first-order valence-corrected chi connectivity index (χ1v) is 8.98. The van der Waals surface area contributed by atoms with E-state index in [0.29, 0.717) is 5.92 Å². The van der Waals surface area contributed by atoms with Gasteiger partial charge in [0.15, 0.2) is 0 Å². The lowest BCUT2D eigenvalue weighted by atomic mass is 10.0. The zero-order valence-corrected chi connectivity index (χ0v) is 13.9. The number of amides is 1. The van der Waals surface area contributed by atoms with Gasteiger partial charge in [-0.2, -0.15) is 0 Å². The Kier molecular flexibility index (Phi) is 6.06. The van der Waals surface area contributed by atoms with Crippen LogP contribution in [0.2, 0.25) is 0 Å². The maximum atomic E-state index is 12.2. The predicted molar refractivity (Wildman–Crippen MR) is 91.4 cm³/mol. The monoisotopic (exact) mass is 316 g/mol. The Morgan fingerprint density at radius 2 is 2.00 bits per heavy atom. The van der Waals surface area contributed by atoms with Crippen molar-refractivity contribution in [2.24, 2.45) is 5.92 Å². The third-order valence-electron chi connectivity index (χ3n) is 4.92. The smallest absolute Gasteiger partial charge is 0.251 e. The first-order valence-electron chi connectivity index (χ1n) is 8.98. The third-order valence-corrected chi connectivity index (χ3v) is 4.92. The van der Waals surface area contributed by atoms with Crippen molar-refractivity contribution in [3.63, 3.8) is 0 Å². The number of rotatable bonds is 7. The normalized spacial score (nSPS) is 21.7. The highest BCUT2D eigenvalue weighted by Gasteiger charge is 2.15. The summed E-state index contributed by atoms with van der Waals surface area (Å²) >= 11 is 0. The molecule has 1 aromatic carbocycles. The Bertz CT molecular complexity index is 489. The molecule has 0 aliphatic carbocycles. The second-order valence-corrected chi connectivity index (χ2v) is 6.81. The van der Waals surface area contributed by atoms with Crippen molar-refractivity contribution in [2.45, 2.75) is 38.6 Å². The summed E-state index contributed by atoms with van der Waals surface area (Å²) in [7, 11) is 0. The van der Waals surface area contributed by atoms with Crippen molar-refractivity contribution in [2.75, 3.05) is 32.8 Å². The SMILES string of the molecule is O=C(NCCCC1CCOC1)c1ccc(CN2CCCC2)cc1. The van der Waals surface area contributed by atoms with Crippen molar-refractivity contribution in [3.8, 4) is 0 Å². The van der Waals surface area contributed by atoms with Crippen molar-refractivity contribution in [1.29, 1.82) is 0 Å². The summed E-state index contributed by atoms with van der Waals surface area (Å²) in [5, 5.41) is 3.03. The molecule has 1 unspecified atom stereocenters. The van der Waals surface area contributed by atoms with Crippen LogP contribution in [0.5, 0.6) is 0 Å². The zero-order valence-electron chi connectivity index (χ0n) is 13.9. The summed E-state index contributed by atoms with van der Waals surface area (Å²) in [6.45, 7) is 5.96. The Hall–Kier alpha value is -1.39. The highest BCUT2D eigenvalue weighted by Crippen LogP contribution is 2.17. The van der Waals surface area contributed by atoms with Gasteiger partial charge in [0.05, 0.1) is 0 Å². The molecule has 2 heterocycles. The number of nitrogens with one attached hydrogen (secondary N) is 1. The van der Waals surface area contributed by atoms with Gasteiger partial charge < -0.3 is 10.1 Å². The molecule has 23 heavy (non-hydrogen) atoms. The molecule has 4 heteroatoms. The number of carbonyl (C=O) groups is 1. The van der Waals surface area contributed by atoms with Gasteiger partial charge in [0.1, 0.15) is 0 Å². The van der Waals surface area contributed by atoms with Gasteiger partial charge >= 0.3 is 0 Å². The number of carbonyl (C=O) groups excluding carboxylic acids is 1. The lowest BCUT2D eigenvalue weighted by Crippen LogP contribution is -2.25. The quantitative estimate of drug-likeness (QED) is 0.787. The van der Waals surface area contributed by atoms with Crippen LogP contribution in [0.15, 0.2) is 24.3 Å². The van der Waals surface area contributed by atoms with Crippen LogP contribution in [0.25, 0.3) is 0 Å². The lowest BCUT2D eigenvalue weighted by molar-refractivity contribution is 0.0952. The van der Waals surface area contributed by atoms with E-state index in [9.17, 15) is 4.79 Å². The van der Waals surface area contributed by atoms with Gasteiger partial charge in [0, 0.05) is 31.9 Å². The van der Waals surface area contributed by atoms with Crippen LogP contribution in [0, 0.1) is 5.92 Å². The molecule has 1 aromatic rings. The molecule has 3 rings (SSSR count). The number of hydrogen-bond acceptors (Lipinski definition) is 3. The minimum Gasteiger partial charge on any atom is -0.381 e. The Morgan fingerprint density at radius 1 is 1.22 bits per heavy atom. The summed E-state index contributed by atoms with van der Waals surface area (Å²) in [5.74, 6) is 0.733. The third kappa shape index (κ3) is 5.05. The highest BCUT2D eigenvalue weighted by atomic mass is 16.5. The van der Waals surface area contributed by atoms with E-state index in [1.54, 1.807) is 0 Å². The van der Waals surface area contributed by atoms with Crippen LogP contribution in [-0.4, -0.2) is 43.7 Å². The first kappa shape index (κ1) is 16.5. The Labute approximate surface area is 139 Å². The second kappa shape index (κ2) is 8.46. The van der Waals surface area contributed by atoms with Crippen LogP contribution in [0.3, 0.4) is 0 Å². The highest BCUT2D eigenvalue weighted by molar-refractivity contribution is 5.94. The summed E-state index contributed by atoms with van der Waals surface area (Å²) in [4.78, 5) is 14.6. The fraction of sp³-hybridized carbons (Fsp3) is 0.632. The average Bonchev–Trinajstić information content (AvgIpc) is 3.26. The van der Waals surface area contributed by atoms with Crippen molar-refractivity contribution in [3.05, 3.63) is 35.4 Å². The standard InChI is InChI=1S/C19H28N2O2/c22-19(20-10-3-4-17-9-13-23-15-17)18-7-5-16(6-8-18)14-21-11-1-2-12-21/h5-8,17H,1-4,9-15H2,(H,20,22). The molecule has 0 bridgehead atoms. The van der Waals surface area contributed by atoms with Gasteiger partial charge in [-0.15, -0.1) is 0 Å². The largest absolute Gasteiger partial charge is 0.381 e. The molecule has 1 N–H and O–H groups in total. The van der Waals surface area contributed by atoms with E-state index in [4.69, 9.17) is 4.74 Å². The van der Waals surface area contributed by atoms with Gasteiger partial charge in [0.2, 0.25) is 0 Å². The Balaban J connectivity index is 1.38. The van der Waals surface area contributed by atoms with Crippen molar-refractivity contribution in [1.82, 2.24) is 10.2 Å². The maximum Gasteiger partial charge on any atom is 0.251 e. The van der Waals surface area contributed by atoms with Crippen LogP contribution in [0.1, 0.15) is 48.0 Å². The molecule has 2 aliphatic heterocycles. The Morgan fingerprint density at radius 3 is 2.70 bits per heavy atom. The second-order valence-electron chi connectivity index (χ2n) is 6.81. The van der Waals surface area contributed by atoms with E-state index < -0.39 is 0 Å². The topological polar surface area (TPSA) is 41.6 Å². The maximum absolute atomic E-state index is 12.2. The summed E-state index contributed by atoms with van der Waals surface area (Å²) < 4.78 is 5.37. The molecule has 0 radical (unpaired) electrons. The summed E-state index contributed by atoms with van der Waals surface area (Å²) in [6, 6.07) is 8.07. The molecule has 4 nitrogen and oxygen atoms in total. The zero-order chi connectivity index (χ0) is 15.9. The van der Waals surface area contributed by atoms with Crippen molar-refractivity contribution >= 4 is 5.91 Å². The van der Waals surface area contributed by atoms with Crippen LogP contribution in [-0.2, 0) is 11.3 Å². The molecule has 2 saturated heterocycles. The molecular weight excluding hydrogens is 288 g/mol. The lowest BCUT2D eigenvalue weighted by Gasteiger charge is -2.14. The van der Waals surface area contributed by atoms with E-state index in [-0.39, 0.29) is 5.91 Å². The molecule has 126 valence electrons. The van der Waals surface area contributed by atoms with Gasteiger partial charge in [0.25, 0.3) is 5.91 Å². The van der Waals surface area contributed by atoms with Crippen LogP contribution in [0.4, 0.5) is 0 Å². The molecule has 1 atom stereocenters. The van der Waals surface area contributed by atoms with Crippen LogP contribution < -0.4 is 5.32 Å². The number of ether oxygens (including phenoxy) is 1. The predicted octanol–water partition coefficient (Wildman–Crippen LogP) is 2.83. The molecule has 2 fully saturated rings. The molecule has 0 aromatic heterocycles. The van der Waals surface area contributed by atoms with Gasteiger partial charge in [-0.25, -0.2) is 0 Å². The molecule has 1 amide bonds. The van der Waals surface area contributed by atoms with Gasteiger partial charge in [-0.1, -0.05) is 12.1 Å². The van der Waals surface area contributed by atoms with E-state index >= 15 is 0 Å². The minimum absolute atomic E-state index is 0.0420. The van der Waals surface area contributed by atoms with Gasteiger partial charge in [-0.3, -0.25) is 9.69 Å². The molecule has 0 saturated carbocycles. The molecule has 0 spiro atoms. The van der Waals surface area contributed by atoms with E-state index in [2.05, 4.69) is 22.3 Å². The van der Waals surface area contributed by atoms with E-state index in [1.807, 2.05) is 12.1 Å². The fourth-order valence-electron chi connectivity index (χ4n) is 3.47.